The highest BCUT2D eigenvalue weighted by Gasteiger charge is 2.27. The van der Waals surface area contributed by atoms with Crippen LogP contribution in [0.4, 0.5) is 0 Å². The van der Waals surface area contributed by atoms with Gasteiger partial charge in [0.2, 0.25) is 0 Å². The van der Waals surface area contributed by atoms with E-state index in [9.17, 15) is 0 Å². The van der Waals surface area contributed by atoms with Gasteiger partial charge in [-0.2, -0.15) is 0 Å². The molecule has 0 spiro atoms. The second-order valence-corrected chi connectivity index (χ2v) is 6.53. The normalized spacial score (nSPS) is 20.6. The van der Waals surface area contributed by atoms with Crippen molar-refractivity contribution in [2.24, 2.45) is 5.73 Å². The molecule has 2 rings (SSSR count). The molecule has 0 radical (unpaired) electrons. The molecule has 2 unspecified atom stereocenters. The van der Waals surface area contributed by atoms with Crippen LogP contribution in [0.3, 0.4) is 0 Å². The van der Waals surface area contributed by atoms with Crippen LogP contribution in [0.15, 0.2) is 24.3 Å². The summed E-state index contributed by atoms with van der Waals surface area (Å²) in [6, 6.07) is 10.0. The summed E-state index contributed by atoms with van der Waals surface area (Å²) in [6.07, 6.45) is 8.19. The molecule has 1 aliphatic carbocycles. The number of rotatable bonds is 4. The van der Waals surface area contributed by atoms with Crippen molar-refractivity contribution in [2.75, 3.05) is 7.05 Å². The van der Waals surface area contributed by atoms with Crippen LogP contribution in [-0.2, 0) is 0 Å². The van der Waals surface area contributed by atoms with E-state index >= 15 is 0 Å². The quantitative estimate of drug-likeness (QED) is 0.840. The highest BCUT2D eigenvalue weighted by atomic mass is 15.2. The molecule has 2 nitrogen and oxygen atoms in total. The lowest BCUT2D eigenvalue weighted by Gasteiger charge is -2.37. The topological polar surface area (TPSA) is 29.3 Å². The lowest BCUT2D eigenvalue weighted by Crippen LogP contribution is -2.42. The molecule has 0 amide bonds. The molecule has 0 bridgehead atoms. The van der Waals surface area contributed by atoms with Gasteiger partial charge in [0.05, 0.1) is 0 Å². The van der Waals surface area contributed by atoms with Crippen molar-refractivity contribution in [3.8, 4) is 0 Å². The van der Waals surface area contributed by atoms with E-state index in [-0.39, 0.29) is 6.04 Å². The van der Waals surface area contributed by atoms with Crippen molar-refractivity contribution in [3.05, 3.63) is 35.4 Å². The van der Waals surface area contributed by atoms with Gasteiger partial charge < -0.3 is 5.73 Å². The number of benzene rings is 1. The van der Waals surface area contributed by atoms with Crippen LogP contribution in [0.2, 0.25) is 0 Å². The fraction of sp³-hybridized carbons (Fsp3) is 0.667. The summed E-state index contributed by atoms with van der Waals surface area (Å²) >= 11 is 0. The van der Waals surface area contributed by atoms with E-state index in [1.54, 1.807) is 0 Å². The SMILES string of the molecule is Cc1cccc(C(C(C)N)N(C)C2CCCCCC2)c1. The summed E-state index contributed by atoms with van der Waals surface area (Å²) in [5.74, 6) is 0. The van der Waals surface area contributed by atoms with Gasteiger partial charge in [0, 0.05) is 18.1 Å². The Bertz CT molecular complexity index is 406. The van der Waals surface area contributed by atoms with Crippen LogP contribution in [-0.4, -0.2) is 24.0 Å². The number of nitrogens with zero attached hydrogens (tertiary/aromatic N) is 1. The first-order valence-electron chi connectivity index (χ1n) is 8.13. The first-order valence-corrected chi connectivity index (χ1v) is 8.13. The van der Waals surface area contributed by atoms with Crippen molar-refractivity contribution < 1.29 is 0 Å². The molecule has 0 saturated heterocycles. The van der Waals surface area contributed by atoms with Gasteiger partial charge in [-0.3, -0.25) is 4.90 Å². The Labute approximate surface area is 124 Å². The zero-order valence-electron chi connectivity index (χ0n) is 13.3. The monoisotopic (exact) mass is 274 g/mol. The molecule has 1 aliphatic rings. The Morgan fingerprint density at radius 3 is 2.35 bits per heavy atom. The third-order valence-electron chi connectivity index (χ3n) is 4.72. The lowest BCUT2D eigenvalue weighted by atomic mass is 9.95. The van der Waals surface area contributed by atoms with Crippen molar-refractivity contribution in [3.63, 3.8) is 0 Å². The van der Waals surface area contributed by atoms with Gasteiger partial charge in [-0.1, -0.05) is 55.5 Å². The van der Waals surface area contributed by atoms with Crippen LogP contribution in [0, 0.1) is 6.92 Å². The standard InChI is InChI=1S/C18H30N2/c1-14-9-8-10-16(13-14)18(15(2)19)20(3)17-11-6-4-5-7-12-17/h8-10,13,15,17-18H,4-7,11-12,19H2,1-3H3. The van der Waals surface area contributed by atoms with Crippen molar-refractivity contribution in [1.29, 1.82) is 0 Å². The predicted molar refractivity (Wildman–Crippen MR) is 86.8 cm³/mol. The van der Waals surface area contributed by atoms with Gasteiger partial charge in [0.15, 0.2) is 0 Å². The van der Waals surface area contributed by atoms with Crippen LogP contribution >= 0.6 is 0 Å². The Balaban J connectivity index is 2.18. The molecule has 1 aromatic carbocycles. The third-order valence-corrected chi connectivity index (χ3v) is 4.72. The Morgan fingerprint density at radius 1 is 1.15 bits per heavy atom. The van der Waals surface area contributed by atoms with Gasteiger partial charge in [-0.05, 0) is 39.3 Å². The van der Waals surface area contributed by atoms with Crippen LogP contribution in [0.25, 0.3) is 0 Å². The summed E-state index contributed by atoms with van der Waals surface area (Å²) in [6.45, 7) is 4.30. The summed E-state index contributed by atoms with van der Waals surface area (Å²) in [5.41, 5.74) is 9.01. The van der Waals surface area contributed by atoms with E-state index in [0.717, 1.165) is 0 Å². The average molecular weight is 274 g/mol. The maximum Gasteiger partial charge on any atom is 0.0496 e. The number of nitrogens with two attached hydrogens (primary N) is 1. The lowest BCUT2D eigenvalue weighted by molar-refractivity contribution is 0.141. The first kappa shape index (κ1) is 15.5. The number of hydrogen-bond donors (Lipinski definition) is 1. The molecule has 0 aromatic heterocycles. The Kier molecular flexibility index (Phi) is 5.62. The van der Waals surface area contributed by atoms with Gasteiger partial charge in [0.1, 0.15) is 0 Å². The molecule has 1 fully saturated rings. The number of likely N-dealkylation sites (N-methyl/N-ethyl adjacent to an activating group) is 1. The molecule has 1 saturated carbocycles. The van der Waals surface area contributed by atoms with Crippen LogP contribution in [0.5, 0.6) is 0 Å². The molecular weight excluding hydrogens is 244 g/mol. The van der Waals surface area contributed by atoms with E-state index in [4.69, 9.17) is 5.73 Å². The molecule has 2 atom stereocenters. The highest BCUT2D eigenvalue weighted by molar-refractivity contribution is 5.26. The van der Waals surface area contributed by atoms with Gasteiger partial charge in [-0.15, -0.1) is 0 Å². The molecule has 1 aromatic rings. The van der Waals surface area contributed by atoms with E-state index in [0.29, 0.717) is 12.1 Å². The third kappa shape index (κ3) is 3.83. The summed E-state index contributed by atoms with van der Waals surface area (Å²) in [7, 11) is 2.27. The first-order chi connectivity index (χ1) is 9.59. The zero-order chi connectivity index (χ0) is 14.5. The molecule has 0 heterocycles. The van der Waals surface area contributed by atoms with Gasteiger partial charge >= 0.3 is 0 Å². The van der Waals surface area contributed by atoms with E-state index < -0.39 is 0 Å². The fourth-order valence-electron chi connectivity index (χ4n) is 3.66. The molecular formula is C18H30N2. The van der Waals surface area contributed by atoms with Gasteiger partial charge in [0.25, 0.3) is 0 Å². The minimum atomic E-state index is 0.157. The molecule has 112 valence electrons. The fourth-order valence-corrected chi connectivity index (χ4v) is 3.66. The van der Waals surface area contributed by atoms with Gasteiger partial charge in [-0.25, -0.2) is 0 Å². The summed E-state index contributed by atoms with van der Waals surface area (Å²) in [4.78, 5) is 2.55. The summed E-state index contributed by atoms with van der Waals surface area (Å²) in [5, 5.41) is 0. The minimum Gasteiger partial charge on any atom is -0.326 e. The van der Waals surface area contributed by atoms with Crippen molar-refractivity contribution >= 4 is 0 Å². The average Bonchev–Trinajstić information content (AvgIpc) is 2.67. The largest absolute Gasteiger partial charge is 0.326 e. The smallest absolute Gasteiger partial charge is 0.0496 e. The number of hydrogen-bond acceptors (Lipinski definition) is 2. The van der Waals surface area contributed by atoms with Crippen LogP contribution in [0.1, 0.15) is 62.6 Å². The second kappa shape index (κ2) is 7.24. The Morgan fingerprint density at radius 2 is 1.80 bits per heavy atom. The predicted octanol–water partition coefficient (Wildman–Crippen LogP) is 4.04. The summed E-state index contributed by atoms with van der Waals surface area (Å²) < 4.78 is 0. The van der Waals surface area contributed by atoms with Crippen LogP contribution < -0.4 is 5.73 Å². The van der Waals surface area contributed by atoms with E-state index in [1.165, 1.54) is 49.7 Å². The van der Waals surface area contributed by atoms with Crippen molar-refractivity contribution in [2.45, 2.75) is 70.5 Å². The highest BCUT2D eigenvalue weighted by Crippen LogP contribution is 2.30. The molecule has 0 aliphatic heterocycles. The van der Waals surface area contributed by atoms with Crippen molar-refractivity contribution in [1.82, 2.24) is 4.90 Å². The molecule has 2 N–H and O–H groups in total. The maximum absolute atomic E-state index is 6.32. The maximum atomic E-state index is 6.32. The molecule has 20 heavy (non-hydrogen) atoms. The molecule has 2 heteroatoms. The Hall–Kier alpha value is -0.860. The number of aryl methyl sites for hydroxylation is 1. The minimum absolute atomic E-state index is 0.157. The van der Waals surface area contributed by atoms with E-state index in [1.807, 2.05) is 0 Å². The zero-order valence-corrected chi connectivity index (χ0v) is 13.3. The van der Waals surface area contributed by atoms with E-state index in [2.05, 4.69) is 50.1 Å². The second-order valence-electron chi connectivity index (χ2n) is 6.53.